The van der Waals surface area contributed by atoms with Crippen LogP contribution in [0, 0.1) is 0 Å². The van der Waals surface area contributed by atoms with Crippen LogP contribution in [-0.4, -0.2) is 30.6 Å². The summed E-state index contributed by atoms with van der Waals surface area (Å²) in [4.78, 5) is 0. The van der Waals surface area contributed by atoms with E-state index in [9.17, 15) is 13.2 Å². The summed E-state index contributed by atoms with van der Waals surface area (Å²) in [5, 5.41) is 11.2. The van der Waals surface area contributed by atoms with Crippen molar-refractivity contribution in [2.45, 2.75) is 12.8 Å². The van der Waals surface area contributed by atoms with Crippen molar-refractivity contribution >= 4 is 5.84 Å². The van der Waals surface area contributed by atoms with Gasteiger partial charge in [0.1, 0.15) is 18.2 Å². The molecule has 0 atom stereocenters. The molecular weight excluding hydrogens is 265 g/mol. The van der Waals surface area contributed by atoms with Crippen molar-refractivity contribution in [3.8, 4) is 5.75 Å². The zero-order chi connectivity index (χ0) is 14.3. The number of benzene rings is 1. The molecule has 0 saturated heterocycles. The molecule has 1 rings (SSSR count). The van der Waals surface area contributed by atoms with Crippen molar-refractivity contribution in [3.63, 3.8) is 0 Å². The van der Waals surface area contributed by atoms with Gasteiger partial charge >= 0.3 is 6.36 Å². The fourth-order valence-electron chi connectivity index (χ4n) is 1.26. The Kier molecular flexibility index (Phi) is 5.43. The summed E-state index contributed by atoms with van der Waals surface area (Å²) < 4.78 is 43.6. The van der Waals surface area contributed by atoms with Crippen LogP contribution in [0.1, 0.15) is 5.56 Å². The molecule has 19 heavy (non-hydrogen) atoms. The van der Waals surface area contributed by atoms with Gasteiger partial charge in [-0.15, -0.1) is 13.2 Å². The first kappa shape index (κ1) is 15.1. The van der Waals surface area contributed by atoms with Crippen molar-refractivity contribution in [3.05, 3.63) is 29.8 Å². The maximum Gasteiger partial charge on any atom is 0.522 e. The van der Waals surface area contributed by atoms with Gasteiger partial charge < -0.3 is 15.7 Å². The van der Waals surface area contributed by atoms with Gasteiger partial charge in [-0.3, -0.25) is 4.74 Å². The van der Waals surface area contributed by atoms with Gasteiger partial charge in [-0.1, -0.05) is 17.3 Å². The van der Waals surface area contributed by atoms with Crippen LogP contribution in [0.5, 0.6) is 5.75 Å². The van der Waals surface area contributed by atoms with Gasteiger partial charge in [-0.2, -0.15) is 0 Å². The quantitative estimate of drug-likeness (QED) is 0.274. The molecule has 1 aromatic rings. The molecule has 0 amide bonds. The number of halogens is 3. The third-order valence-electron chi connectivity index (χ3n) is 2.05. The Balaban J connectivity index is 2.36. The van der Waals surface area contributed by atoms with Crippen LogP contribution in [0.15, 0.2) is 29.4 Å². The van der Waals surface area contributed by atoms with Crippen molar-refractivity contribution in [1.29, 1.82) is 0 Å². The zero-order valence-corrected chi connectivity index (χ0v) is 9.85. The first-order chi connectivity index (χ1) is 8.90. The van der Waals surface area contributed by atoms with E-state index in [1.807, 2.05) is 0 Å². The van der Waals surface area contributed by atoms with E-state index >= 15 is 0 Å². The lowest BCUT2D eigenvalue weighted by molar-refractivity contribution is -0.325. The number of nitrogens with two attached hydrogens (primary N) is 1. The number of hydrogen-bond donors (Lipinski definition) is 2. The molecule has 0 unspecified atom stereocenters. The molecule has 0 heterocycles. The summed E-state index contributed by atoms with van der Waals surface area (Å²) in [6, 6.07) is 6.48. The van der Waals surface area contributed by atoms with E-state index in [0.29, 0.717) is 5.75 Å². The molecule has 0 bridgehead atoms. The summed E-state index contributed by atoms with van der Waals surface area (Å²) in [5.41, 5.74) is 6.11. The second-order valence-electron chi connectivity index (χ2n) is 3.55. The molecule has 0 aromatic heterocycles. The number of amidine groups is 1. The number of rotatable bonds is 6. The number of oxime groups is 1. The third-order valence-corrected chi connectivity index (χ3v) is 2.05. The van der Waals surface area contributed by atoms with E-state index in [1.54, 1.807) is 24.3 Å². The van der Waals surface area contributed by atoms with Gasteiger partial charge in [0.2, 0.25) is 0 Å². The Labute approximate surface area is 107 Å². The first-order valence-electron chi connectivity index (χ1n) is 5.29. The molecule has 0 radical (unpaired) electrons. The van der Waals surface area contributed by atoms with Gasteiger partial charge in [-0.05, 0) is 17.7 Å². The summed E-state index contributed by atoms with van der Waals surface area (Å²) in [5.74, 6) is 0.473. The van der Waals surface area contributed by atoms with Crippen molar-refractivity contribution in [2.75, 3.05) is 13.2 Å². The average molecular weight is 278 g/mol. The summed E-state index contributed by atoms with van der Waals surface area (Å²) in [7, 11) is 0. The molecule has 106 valence electrons. The second kappa shape index (κ2) is 6.83. The first-order valence-corrected chi connectivity index (χ1v) is 5.29. The molecule has 1 aromatic carbocycles. The Morgan fingerprint density at radius 2 is 1.84 bits per heavy atom. The van der Waals surface area contributed by atoms with E-state index in [0.717, 1.165) is 5.56 Å². The van der Waals surface area contributed by atoms with Gasteiger partial charge in [-0.25, -0.2) is 0 Å². The lowest BCUT2D eigenvalue weighted by atomic mass is 10.1. The minimum absolute atomic E-state index is 0.0623. The van der Waals surface area contributed by atoms with E-state index in [2.05, 4.69) is 9.89 Å². The number of ether oxygens (including phenoxy) is 2. The number of alkyl halides is 3. The predicted molar refractivity (Wildman–Crippen MR) is 61.1 cm³/mol. The molecule has 8 heteroatoms. The minimum atomic E-state index is -4.64. The molecular formula is C11H13F3N2O3. The molecule has 0 fully saturated rings. The minimum Gasteiger partial charge on any atom is -0.491 e. The largest absolute Gasteiger partial charge is 0.522 e. The molecule has 0 saturated carbocycles. The number of hydrogen-bond acceptors (Lipinski definition) is 4. The van der Waals surface area contributed by atoms with Crippen LogP contribution >= 0.6 is 0 Å². The van der Waals surface area contributed by atoms with E-state index in [1.165, 1.54) is 0 Å². The van der Waals surface area contributed by atoms with Gasteiger partial charge in [0, 0.05) is 6.42 Å². The fraction of sp³-hybridized carbons (Fsp3) is 0.364. The molecule has 0 spiro atoms. The monoisotopic (exact) mass is 278 g/mol. The highest BCUT2D eigenvalue weighted by Crippen LogP contribution is 2.16. The molecule has 0 aliphatic carbocycles. The maximum absolute atomic E-state index is 11.7. The topological polar surface area (TPSA) is 77.1 Å². The molecule has 5 nitrogen and oxygen atoms in total. The van der Waals surface area contributed by atoms with Gasteiger partial charge in [0.25, 0.3) is 0 Å². The summed E-state index contributed by atoms with van der Waals surface area (Å²) in [6.45, 7) is -0.783. The van der Waals surface area contributed by atoms with E-state index < -0.39 is 13.0 Å². The Bertz CT molecular complexity index is 418. The van der Waals surface area contributed by atoms with Crippen LogP contribution in [0.3, 0.4) is 0 Å². The lowest BCUT2D eigenvalue weighted by Gasteiger charge is -2.09. The standard InChI is InChI=1S/C11H13F3N2O3/c12-11(13,14)19-6-5-18-9-3-1-8(2-4-9)7-10(15)16-17/h1-4,17H,5-7H2,(H2,15,16). The maximum atomic E-state index is 11.7. The van der Waals surface area contributed by atoms with Crippen LogP contribution < -0.4 is 10.5 Å². The van der Waals surface area contributed by atoms with Gasteiger partial charge in [0.15, 0.2) is 0 Å². The van der Waals surface area contributed by atoms with E-state index in [4.69, 9.17) is 15.7 Å². The van der Waals surface area contributed by atoms with Gasteiger partial charge in [0.05, 0.1) is 6.61 Å². The smallest absolute Gasteiger partial charge is 0.491 e. The Morgan fingerprint density at radius 3 is 2.37 bits per heavy atom. The lowest BCUT2D eigenvalue weighted by Crippen LogP contribution is -2.18. The van der Waals surface area contributed by atoms with Crippen molar-refractivity contribution in [1.82, 2.24) is 0 Å². The van der Waals surface area contributed by atoms with Crippen LogP contribution in [0.4, 0.5) is 13.2 Å². The molecule has 3 N–H and O–H groups in total. The van der Waals surface area contributed by atoms with Crippen LogP contribution in [0.2, 0.25) is 0 Å². The summed E-state index contributed by atoms with van der Waals surface area (Å²) >= 11 is 0. The van der Waals surface area contributed by atoms with Crippen molar-refractivity contribution in [2.24, 2.45) is 10.9 Å². The normalized spacial score (nSPS) is 12.5. The van der Waals surface area contributed by atoms with Crippen LogP contribution in [0.25, 0.3) is 0 Å². The SMILES string of the molecule is NC(Cc1ccc(OCCOC(F)(F)F)cc1)=NO. The highest BCUT2D eigenvalue weighted by atomic mass is 19.4. The van der Waals surface area contributed by atoms with E-state index in [-0.39, 0.29) is 18.9 Å². The Morgan fingerprint density at radius 1 is 1.21 bits per heavy atom. The van der Waals surface area contributed by atoms with Crippen LogP contribution in [-0.2, 0) is 11.2 Å². The highest BCUT2D eigenvalue weighted by molar-refractivity contribution is 5.81. The van der Waals surface area contributed by atoms with Crippen molar-refractivity contribution < 1.29 is 27.9 Å². The summed E-state index contributed by atoms with van der Waals surface area (Å²) in [6.07, 6.45) is -4.37. The third kappa shape index (κ3) is 6.51. The number of nitrogens with zero attached hydrogens (tertiary/aromatic N) is 1. The second-order valence-corrected chi connectivity index (χ2v) is 3.55. The molecule has 0 aliphatic rings. The average Bonchev–Trinajstić information content (AvgIpc) is 2.35. The fourth-order valence-corrected chi connectivity index (χ4v) is 1.26. The molecule has 0 aliphatic heterocycles. The Hall–Kier alpha value is -1.96. The zero-order valence-electron chi connectivity index (χ0n) is 9.85. The highest BCUT2D eigenvalue weighted by Gasteiger charge is 2.28. The predicted octanol–water partition coefficient (Wildman–Crippen LogP) is 1.89.